The van der Waals surface area contributed by atoms with E-state index in [2.05, 4.69) is 15.3 Å². The minimum absolute atomic E-state index is 0.0897. The van der Waals surface area contributed by atoms with E-state index in [1.54, 1.807) is 18.2 Å². The summed E-state index contributed by atoms with van der Waals surface area (Å²) in [6.45, 7) is 2.90. The van der Waals surface area contributed by atoms with Gasteiger partial charge in [-0.3, -0.25) is 0 Å². The van der Waals surface area contributed by atoms with Crippen LogP contribution in [0.1, 0.15) is 12.5 Å². The van der Waals surface area contributed by atoms with E-state index in [4.69, 9.17) is 9.88 Å². The van der Waals surface area contributed by atoms with Gasteiger partial charge >= 0.3 is 0 Å². The van der Waals surface area contributed by atoms with Crippen molar-refractivity contribution in [3.05, 3.63) is 42.2 Å². The van der Waals surface area contributed by atoms with Gasteiger partial charge in [-0.25, -0.2) is 23.5 Å². The standard InChI is InChI=1S/C13H16N4O3S/c1-2-20-13-7-12(16-9-17-13)15-8-10-3-5-11(6-4-10)21(14,18)19/h3-7,9H,2,8H2,1H3,(H2,14,18,19)(H,15,16,17). The third kappa shape index (κ3) is 4.40. The first-order valence-corrected chi connectivity index (χ1v) is 7.84. The molecule has 0 saturated heterocycles. The third-order valence-electron chi connectivity index (χ3n) is 2.66. The predicted molar refractivity (Wildman–Crippen MR) is 78.3 cm³/mol. The molecule has 3 N–H and O–H groups in total. The Kier molecular flexibility index (Phi) is 4.71. The van der Waals surface area contributed by atoms with Crippen LogP contribution < -0.4 is 15.2 Å². The van der Waals surface area contributed by atoms with Gasteiger partial charge in [0.25, 0.3) is 0 Å². The van der Waals surface area contributed by atoms with Gasteiger partial charge in [-0.15, -0.1) is 0 Å². The molecule has 0 aliphatic heterocycles. The van der Waals surface area contributed by atoms with E-state index in [0.717, 1.165) is 5.56 Å². The van der Waals surface area contributed by atoms with E-state index < -0.39 is 10.0 Å². The molecule has 0 aliphatic carbocycles. The van der Waals surface area contributed by atoms with E-state index in [0.29, 0.717) is 24.8 Å². The van der Waals surface area contributed by atoms with E-state index >= 15 is 0 Å². The zero-order valence-electron chi connectivity index (χ0n) is 11.5. The number of anilines is 1. The SMILES string of the molecule is CCOc1cc(NCc2ccc(S(N)(=O)=O)cc2)ncn1. The van der Waals surface area contributed by atoms with Crippen LogP contribution in [0.25, 0.3) is 0 Å². The van der Waals surface area contributed by atoms with Gasteiger partial charge in [0.15, 0.2) is 0 Å². The fraction of sp³-hybridized carbons (Fsp3) is 0.231. The monoisotopic (exact) mass is 308 g/mol. The van der Waals surface area contributed by atoms with Gasteiger partial charge in [0.1, 0.15) is 12.1 Å². The predicted octanol–water partition coefficient (Wildman–Crippen LogP) is 1.13. The lowest BCUT2D eigenvalue weighted by Crippen LogP contribution is -2.12. The molecule has 1 heterocycles. The lowest BCUT2D eigenvalue weighted by molar-refractivity contribution is 0.326. The number of nitrogens with two attached hydrogens (primary N) is 1. The number of aromatic nitrogens is 2. The topological polar surface area (TPSA) is 107 Å². The smallest absolute Gasteiger partial charge is 0.238 e. The Morgan fingerprint density at radius 1 is 1.24 bits per heavy atom. The first-order chi connectivity index (χ1) is 9.99. The summed E-state index contributed by atoms with van der Waals surface area (Å²) in [6, 6.07) is 8.02. The molecule has 0 bridgehead atoms. The number of primary sulfonamides is 1. The van der Waals surface area contributed by atoms with Crippen LogP contribution in [0.2, 0.25) is 0 Å². The highest BCUT2D eigenvalue weighted by Gasteiger charge is 2.06. The van der Waals surface area contributed by atoms with Crippen molar-refractivity contribution in [2.75, 3.05) is 11.9 Å². The Bertz CT molecular complexity index is 702. The zero-order chi connectivity index (χ0) is 15.3. The molecule has 112 valence electrons. The summed E-state index contributed by atoms with van der Waals surface area (Å²) in [6.07, 6.45) is 1.41. The molecule has 0 fully saturated rings. The molecular weight excluding hydrogens is 292 g/mol. The second-order valence-corrected chi connectivity index (χ2v) is 5.78. The van der Waals surface area contributed by atoms with Crippen LogP contribution >= 0.6 is 0 Å². The van der Waals surface area contributed by atoms with Gasteiger partial charge in [-0.1, -0.05) is 12.1 Å². The molecule has 0 unspecified atom stereocenters. The van der Waals surface area contributed by atoms with Crippen LogP contribution in [0.5, 0.6) is 5.88 Å². The van der Waals surface area contributed by atoms with Crippen molar-refractivity contribution in [2.24, 2.45) is 5.14 Å². The Labute approximate surface area is 123 Å². The maximum atomic E-state index is 11.2. The maximum Gasteiger partial charge on any atom is 0.238 e. The Morgan fingerprint density at radius 3 is 2.57 bits per heavy atom. The molecule has 0 spiro atoms. The van der Waals surface area contributed by atoms with E-state index in [1.165, 1.54) is 18.5 Å². The van der Waals surface area contributed by atoms with Gasteiger partial charge in [-0.05, 0) is 24.6 Å². The number of hydrogen-bond acceptors (Lipinski definition) is 6. The Balaban J connectivity index is 2.01. The highest BCUT2D eigenvalue weighted by molar-refractivity contribution is 7.89. The summed E-state index contributed by atoms with van der Waals surface area (Å²) in [5, 5.41) is 8.15. The number of benzene rings is 1. The number of nitrogens with zero attached hydrogens (tertiary/aromatic N) is 2. The molecule has 2 rings (SSSR count). The number of sulfonamides is 1. The summed E-state index contributed by atoms with van der Waals surface area (Å²) >= 11 is 0. The van der Waals surface area contributed by atoms with Gasteiger partial charge in [0.2, 0.25) is 15.9 Å². The minimum atomic E-state index is -3.66. The fourth-order valence-corrected chi connectivity index (χ4v) is 2.17. The summed E-state index contributed by atoms with van der Waals surface area (Å²) in [7, 11) is -3.66. The van der Waals surface area contributed by atoms with Gasteiger partial charge in [0, 0.05) is 12.6 Å². The molecule has 8 heteroatoms. The molecule has 1 aromatic carbocycles. The summed E-state index contributed by atoms with van der Waals surface area (Å²) < 4.78 is 27.6. The molecule has 7 nitrogen and oxygen atoms in total. The molecule has 21 heavy (non-hydrogen) atoms. The quantitative estimate of drug-likeness (QED) is 0.828. The van der Waals surface area contributed by atoms with E-state index in [-0.39, 0.29) is 4.90 Å². The van der Waals surface area contributed by atoms with Crippen LogP contribution in [-0.4, -0.2) is 25.0 Å². The fourth-order valence-electron chi connectivity index (χ4n) is 1.65. The van der Waals surface area contributed by atoms with Crippen LogP contribution in [0.4, 0.5) is 5.82 Å². The van der Waals surface area contributed by atoms with Gasteiger partial charge in [0.05, 0.1) is 11.5 Å². The highest BCUT2D eigenvalue weighted by atomic mass is 32.2. The van der Waals surface area contributed by atoms with Crippen molar-refractivity contribution >= 4 is 15.8 Å². The van der Waals surface area contributed by atoms with E-state index in [9.17, 15) is 8.42 Å². The largest absolute Gasteiger partial charge is 0.478 e. The Hall–Kier alpha value is -2.19. The summed E-state index contributed by atoms with van der Waals surface area (Å²) in [4.78, 5) is 8.13. The molecule has 1 aromatic heterocycles. The average Bonchev–Trinajstić information content (AvgIpc) is 2.45. The van der Waals surface area contributed by atoms with Crippen LogP contribution in [0.3, 0.4) is 0 Å². The summed E-state index contributed by atoms with van der Waals surface area (Å²) in [5.41, 5.74) is 0.902. The normalized spacial score (nSPS) is 11.1. The van der Waals surface area contributed by atoms with Crippen molar-refractivity contribution in [2.45, 2.75) is 18.4 Å². The van der Waals surface area contributed by atoms with Crippen LogP contribution in [0, 0.1) is 0 Å². The molecule has 0 aliphatic rings. The molecular formula is C13H16N4O3S. The van der Waals surface area contributed by atoms with E-state index in [1.807, 2.05) is 6.92 Å². The van der Waals surface area contributed by atoms with Gasteiger partial charge < -0.3 is 10.1 Å². The molecule has 2 aromatic rings. The lowest BCUT2D eigenvalue weighted by Gasteiger charge is -2.07. The lowest BCUT2D eigenvalue weighted by atomic mass is 10.2. The van der Waals surface area contributed by atoms with Crippen molar-refractivity contribution in [1.29, 1.82) is 0 Å². The average molecular weight is 308 g/mol. The number of ether oxygens (including phenoxy) is 1. The molecule has 0 saturated carbocycles. The summed E-state index contributed by atoms with van der Waals surface area (Å²) in [5.74, 6) is 1.13. The van der Waals surface area contributed by atoms with Crippen LogP contribution in [0.15, 0.2) is 41.6 Å². The number of nitrogens with one attached hydrogen (secondary N) is 1. The first-order valence-electron chi connectivity index (χ1n) is 6.29. The maximum absolute atomic E-state index is 11.2. The first kappa shape index (κ1) is 15.2. The Morgan fingerprint density at radius 2 is 1.95 bits per heavy atom. The van der Waals surface area contributed by atoms with Crippen molar-refractivity contribution in [1.82, 2.24) is 9.97 Å². The number of hydrogen-bond donors (Lipinski definition) is 2. The molecule has 0 amide bonds. The van der Waals surface area contributed by atoms with Gasteiger partial charge in [-0.2, -0.15) is 0 Å². The molecule has 0 atom stereocenters. The zero-order valence-corrected chi connectivity index (χ0v) is 12.3. The van der Waals surface area contributed by atoms with Crippen molar-refractivity contribution in [3.8, 4) is 5.88 Å². The van der Waals surface area contributed by atoms with Crippen molar-refractivity contribution < 1.29 is 13.2 Å². The van der Waals surface area contributed by atoms with Crippen molar-refractivity contribution in [3.63, 3.8) is 0 Å². The number of rotatable bonds is 6. The van der Waals surface area contributed by atoms with Crippen LogP contribution in [-0.2, 0) is 16.6 Å². The third-order valence-corrected chi connectivity index (χ3v) is 3.59. The highest BCUT2D eigenvalue weighted by Crippen LogP contribution is 2.13. The molecule has 0 radical (unpaired) electrons. The second kappa shape index (κ2) is 6.51. The second-order valence-electron chi connectivity index (χ2n) is 4.22. The minimum Gasteiger partial charge on any atom is -0.478 e.